The molecule has 0 aliphatic carbocycles. The molecule has 0 radical (unpaired) electrons. The number of nitrogens with one attached hydrogen (secondary N) is 1. The van der Waals surface area contributed by atoms with Crippen LogP contribution in [0.4, 0.5) is 11.5 Å². The van der Waals surface area contributed by atoms with Crippen molar-refractivity contribution in [3.63, 3.8) is 0 Å². The molecule has 1 aromatic heterocycles. The lowest BCUT2D eigenvalue weighted by Gasteiger charge is -2.04. The normalized spacial score (nSPS) is 11.2. The number of nitro groups is 1. The third kappa shape index (κ3) is 4.06. The maximum absolute atomic E-state index is 10.7. The molecule has 0 spiro atoms. The van der Waals surface area contributed by atoms with Crippen LogP contribution in [0.1, 0.15) is 19.8 Å². The summed E-state index contributed by atoms with van der Waals surface area (Å²) in [4.78, 5) is 18.1. The van der Waals surface area contributed by atoms with Crippen molar-refractivity contribution in [3.8, 4) is 0 Å². The smallest absolute Gasteiger partial charge is 0.311 e. The first kappa shape index (κ1) is 12.9. The fourth-order valence-corrected chi connectivity index (χ4v) is 1.16. The number of aromatic nitrogens is 1. The summed E-state index contributed by atoms with van der Waals surface area (Å²) in [5.74, 6) is 0.246. The highest BCUT2D eigenvalue weighted by molar-refractivity contribution is 5.93. The van der Waals surface area contributed by atoms with Crippen LogP contribution < -0.4 is 11.1 Å². The van der Waals surface area contributed by atoms with Gasteiger partial charge in [0.05, 0.1) is 4.92 Å². The van der Waals surface area contributed by atoms with Crippen molar-refractivity contribution in [2.75, 3.05) is 11.9 Å². The van der Waals surface area contributed by atoms with Crippen molar-refractivity contribution >= 4 is 17.5 Å². The molecule has 7 nitrogen and oxygen atoms in total. The van der Waals surface area contributed by atoms with Gasteiger partial charge in [-0.15, -0.1) is 0 Å². The van der Waals surface area contributed by atoms with E-state index in [0.29, 0.717) is 6.54 Å². The van der Waals surface area contributed by atoms with Crippen LogP contribution in [-0.4, -0.2) is 22.4 Å². The number of unbranched alkanes of at least 4 members (excludes halogenated alkanes) is 1. The molecule has 0 bridgehead atoms. The first-order chi connectivity index (χ1) is 8.15. The molecule has 0 unspecified atom stereocenters. The number of pyridine rings is 1. The summed E-state index contributed by atoms with van der Waals surface area (Å²) in [6.45, 7) is 2.64. The van der Waals surface area contributed by atoms with Crippen LogP contribution in [0.15, 0.2) is 23.3 Å². The fraction of sp³-hybridized carbons (Fsp3) is 0.400. The van der Waals surface area contributed by atoms with Crippen molar-refractivity contribution in [3.05, 3.63) is 28.4 Å². The Morgan fingerprint density at radius 3 is 3.12 bits per heavy atom. The van der Waals surface area contributed by atoms with Gasteiger partial charge in [0.25, 0.3) is 0 Å². The van der Waals surface area contributed by atoms with Gasteiger partial charge in [0, 0.05) is 18.8 Å². The van der Waals surface area contributed by atoms with E-state index in [-0.39, 0.29) is 17.5 Å². The van der Waals surface area contributed by atoms with Gasteiger partial charge in [0.1, 0.15) is 0 Å². The van der Waals surface area contributed by atoms with E-state index in [9.17, 15) is 10.1 Å². The Morgan fingerprint density at radius 2 is 2.47 bits per heavy atom. The monoisotopic (exact) mass is 237 g/mol. The largest absolute Gasteiger partial charge is 0.370 e. The molecule has 7 heteroatoms. The van der Waals surface area contributed by atoms with Gasteiger partial charge in [-0.3, -0.25) is 15.1 Å². The molecule has 1 aromatic rings. The predicted octanol–water partition coefficient (Wildman–Crippen LogP) is 1.52. The van der Waals surface area contributed by atoms with Crippen LogP contribution in [0.2, 0.25) is 0 Å². The third-order valence-electron chi connectivity index (χ3n) is 2.02. The summed E-state index contributed by atoms with van der Waals surface area (Å²) in [5, 5.41) is 13.3. The summed E-state index contributed by atoms with van der Waals surface area (Å²) in [6.07, 6.45) is 3.39. The van der Waals surface area contributed by atoms with Crippen LogP contribution in [0.25, 0.3) is 0 Å². The van der Waals surface area contributed by atoms with Gasteiger partial charge in [-0.1, -0.05) is 13.3 Å². The lowest BCUT2D eigenvalue weighted by Crippen LogP contribution is -2.24. The number of hydrogen-bond acceptors (Lipinski definition) is 4. The molecule has 1 heterocycles. The molecule has 0 saturated heterocycles. The molecule has 1 rings (SSSR count). The summed E-state index contributed by atoms with van der Waals surface area (Å²) < 4.78 is 0. The van der Waals surface area contributed by atoms with E-state index in [2.05, 4.69) is 15.3 Å². The van der Waals surface area contributed by atoms with E-state index >= 15 is 0 Å². The molecule has 92 valence electrons. The number of anilines is 1. The maximum atomic E-state index is 10.7. The molecule has 0 aliphatic rings. The van der Waals surface area contributed by atoms with Crippen molar-refractivity contribution in [1.29, 1.82) is 0 Å². The molecule has 0 aromatic carbocycles. The quantitative estimate of drug-likeness (QED) is 0.265. The minimum Gasteiger partial charge on any atom is -0.370 e. The second-order valence-electron chi connectivity index (χ2n) is 3.37. The first-order valence-corrected chi connectivity index (χ1v) is 5.31. The number of nitrogens with zero attached hydrogens (tertiary/aromatic N) is 3. The Kier molecular flexibility index (Phi) is 4.86. The number of hydrogen-bond donors (Lipinski definition) is 2. The van der Waals surface area contributed by atoms with Gasteiger partial charge in [-0.05, 0) is 12.5 Å². The second-order valence-corrected chi connectivity index (χ2v) is 3.37. The zero-order valence-corrected chi connectivity index (χ0v) is 9.59. The molecule has 0 atom stereocenters. The van der Waals surface area contributed by atoms with Crippen molar-refractivity contribution in [2.45, 2.75) is 19.8 Å². The van der Waals surface area contributed by atoms with E-state index in [1.165, 1.54) is 18.3 Å². The Hall–Kier alpha value is -2.18. The first-order valence-electron chi connectivity index (χ1n) is 5.31. The summed E-state index contributed by atoms with van der Waals surface area (Å²) in [6, 6.07) is 2.85. The lowest BCUT2D eigenvalue weighted by atomic mass is 10.3. The van der Waals surface area contributed by atoms with Crippen LogP contribution in [0, 0.1) is 10.1 Å². The molecule has 0 aliphatic heterocycles. The van der Waals surface area contributed by atoms with Gasteiger partial charge in [-0.2, -0.15) is 0 Å². The summed E-state index contributed by atoms with van der Waals surface area (Å²) in [7, 11) is 0. The van der Waals surface area contributed by atoms with E-state index in [4.69, 9.17) is 5.73 Å². The minimum atomic E-state index is -0.519. The SMILES string of the molecule is CCCCN=C(N)Nc1ncccc1[N+](=O)[O-]. The zero-order chi connectivity index (χ0) is 12.7. The fourth-order valence-electron chi connectivity index (χ4n) is 1.16. The molecule has 0 fully saturated rings. The second kappa shape index (κ2) is 6.41. The van der Waals surface area contributed by atoms with Crippen LogP contribution in [0.5, 0.6) is 0 Å². The Morgan fingerprint density at radius 1 is 1.71 bits per heavy atom. The average Bonchev–Trinajstić information content (AvgIpc) is 2.29. The highest BCUT2D eigenvalue weighted by Crippen LogP contribution is 2.19. The lowest BCUT2D eigenvalue weighted by molar-refractivity contribution is -0.384. The third-order valence-corrected chi connectivity index (χ3v) is 2.02. The Balaban J connectivity index is 2.74. The van der Waals surface area contributed by atoms with Crippen LogP contribution in [-0.2, 0) is 0 Å². The number of guanidine groups is 1. The Labute approximate surface area is 98.9 Å². The predicted molar refractivity (Wildman–Crippen MR) is 65.9 cm³/mol. The highest BCUT2D eigenvalue weighted by Gasteiger charge is 2.14. The number of nitrogens with two attached hydrogens (primary N) is 1. The van der Waals surface area contributed by atoms with Gasteiger partial charge in [0.15, 0.2) is 5.96 Å². The van der Waals surface area contributed by atoms with Crippen molar-refractivity contribution in [1.82, 2.24) is 4.98 Å². The molecular formula is C10H15N5O2. The number of aliphatic imine (C=N–C) groups is 1. The van der Waals surface area contributed by atoms with Gasteiger partial charge in [-0.25, -0.2) is 4.98 Å². The van der Waals surface area contributed by atoms with E-state index < -0.39 is 4.92 Å². The number of rotatable bonds is 5. The van der Waals surface area contributed by atoms with Gasteiger partial charge < -0.3 is 11.1 Å². The molecule has 17 heavy (non-hydrogen) atoms. The topological polar surface area (TPSA) is 106 Å². The van der Waals surface area contributed by atoms with Gasteiger partial charge >= 0.3 is 5.69 Å². The van der Waals surface area contributed by atoms with Crippen molar-refractivity contribution in [2.24, 2.45) is 10.7 Å². The molecular weight excluding hydrogens is 222 g/mol. The molecule has 0 amide bonds. The molecule has 0 saturated carbocycles. The van der Waals surface area contributed by atoms with E-state index in [0.717, 1.165) is 12.8 Å². The minimum absolute atomic E-state index is 0.107. The standard InChI is InChI=1S/C10H15N5O2/c1-2-3-6-13-10(11)14-9-8(15(16)17)5-4-7-12-9/h4-5,7H,2-3,6H2,1H3,(H3,11,12,13,14). The van der Waals surface area contributed by atoms with E-state index in [1.807, 2.05) is 6.92 Å². The molecule has 3 N–H and O–H groups in total. The van der Waals surface area contributed by atoms with E-state index in [1.54, 1.807) is 0 Å². The Bertz CT molecular complexity index is 419. The highest BCUT2D eigenvalue weighted by atomic mass is 16.6. The average molecular weight is 237 g/mol. The summed E-state index contributed by atoms with van der Waals surface area (Å²) in [5.41, 5.74) is 5.47. The van der Waals surface area contributed by atoms with Crippen LogP contribution >= 0.6 is 0 Å². The van der Waals surface area contributed by atoms with Crippen LogP contribution in [0.3, 0.4) is 0 Å². The maximum Gasteiger partial charge on any atom is 0.311 e. The zero-order valence-electron chi connectivity index (χ0n) is 9.59. The summed E-state index contributed by atoms with van der Waals surface area (Å²) >= 11 is 0. The van der Waals surface area contributed by atoms with Crippen molar-refractivity contribution < 1.29 is 4.92 Å². The van der Waals surface area contributed by atoms with Gasteiger partial charge in [0.2, 0.25) is 5.82 Å².